The summed E-state index contributed by atoms with van der Waals surface area (Å²) in [6.45, 7) is 5.85. The number of hydrogen-bond donors (Lipinski definition) is 0. The van der Waals surface area contributed by atoms with Crippen molar-refractivity contribution in [3.8, 4) is 0 Å². The van der Waals surface area contributed by atoms with Gasteiger partial charge in [-0.3, -0.25) is 4.79 Å². The predicted molar refractivity (Wildman–Crippen MR) is 74.2 cm³/mol. The zero-order valence-corrected chi connectivity index (χ0v) is 12.1. The van der Waals surface area contributed by atoms with Gasteiger partial charge in [-0.05, 0) is 32.8 Å². The van der Waals surface area contributed by atoms with Gasteiger partial charge >= 0.3 is 6.09 Å². The largest absolute Gasteiger partial charge is 0.443 e. The first kappa shape index (κ1) is 13.2. The second-order valence-corrected chi connectivity index (χ2v) is 6.68. The Morgan fingerprint density at radius 2 is 1.95 bits per heavy atom. The maximum absolute atomic E-state index is 12.3. The Morgan fingerprint density at radius 3 is 2.55 bits per heavy atom. The van der Waals surface area contributed by atoms with Crippen LogP contribution < -0.4 is 0 Å². The highest BCUT2D eigenvalue weighted by Gasteiger charge is 2.67. The minimum absolute atomic E-state index is 0.0579. The summed E-state index contributed by atoms with van der Waals surface area (Å²) in [6.07, 6.45) is 0.319. The van der Waals surface area contributed by atoms with Gasteiger partial charge in [-0.2, -0.15) is 0 Å². The number of benzene rings is 1. The number of carbonyl (C=O) groups excluding carboxylic acids is 2. The van der Waals surface area contributed by atoms with E-state index in [1.54, 1.807) is 20.8 Å². The average Bonchev–Trinajstić information content (AvgIpc) is 3.03. The lowest BCUT2D eigenvalue weighted by atomic mass is 9.95. The maximum Gasteiger partial charge on any atom is 0.417 e. The molecule has 4 heteroatoms. The molecule has 4 nitrogen and oxygen atoms in total. The van der Waals surface area contributed by atoms with E-state index in [1.807, 2.05) is 30.3 Å². The fraction of sp³-hybridized carbons (Fsp3) is 0.500. The zero-order valence-electron chi connectivity index (χ0n) is 12.1. The summed E-state index contributed by atoms with van der Waals surface area (Å²) in [5.41, 5.74) is 0.392. The first-order chi connectivity index (χ1) is 9.33. The van der Waals surface area contributed by atoms with E-state index in [0.717, 1.165) is 12.0 Å². The summed E-state index contributed by atoms with van der Waals surface area (Å²) in [6, 6.07) is 9.97. The molecule has 1 saturated carbocycles. The van der Waals surface area contributed by atoms with E-state index >= 15 is 0 Å². The fourth-order valence-electron chi connectivity index (χ4n) is 3.00. The van der Waals surface area contributed by atoms with Crippen molar-refractivity contribution in [2.75, 3.05) is 6.54 Å². The van der Waals surface area contributed by atoms with Crippen molar-refractivity contribution in [2.24, 2.45) is 5.92 Å². The summed E-state index contributed by atoms with van der Waals surface area (Å²) >= 11 is 0. The quantitative estimate of drug-likeness (QED) is 0.790. The Hall–Kier alpha value is -1.84. The molecule has 1 aromatic rings. The van der Waals surface area contributed by atoms with Gasteiger partial charge < -0.3 is 4.74 Å². The molecule has 2 unspecified atom stereocenters. The van der Waals surface area contributed by atoms with Gasteiger partial charge in [0.1, 0.15) is 5.60 Å². The monoisotopic (exact) mass is 273 g/mol. The Kier molecular flexibility index (Phi) is 2.68. The van der Waals surface area contributed by atoms with Gasteiger partial charge in [-0.1, -0.05) is 30.3 Å². The number of hydrogen-bond acceptors (Lipinski definition) is 3. The van der Waals surface area contributed by atoms with Gasteiger partial charge in [0, 0.05) is 12.0 Å². The minimum atomic E-state index is -0.579. The number of piperidine rings is 1. The van der Waals surface area contributed by atoms with E-state index in [1.165, 1.54) is 4.90 Å². The molecule has 0 aromatic heterocycles. The van der Waals surface area contributed by atoms with Crippen LogP contribution in [-0.4, -0.2) is 29.0 Å². The molecule has 2 fully saturated rings. The van der Waals surface area contributed by atoms with Crippen molar-refractivity contribution < 1.29 is 14.3 Å². The number of carbonyl (C=O) groups is 2. The lowest BCUT2D eigenvalue weighted by Crippen LogP contribution is -2.40. The van der Waals surface area contributed by atoms with Gasteiger partial charge in [0.05, 0.1) is 5.92 Å². The van der Waals surface area contributed by atoms with E-state index < -0.39 is 11.7 Å². The third-order valence-corrected chi connectivity index (χ3v) is 4.04. The van der Waals surface area contributed by atoms with Crippen LogP contribution in [0.4, 0.5) is 4.79 Å². The molecule has 1 aliphatic heterocycles. The minimum Gasteiger partial charge on any atom is -0.443 e. The highest BCUT2D eigenvalue weighted by atomic mass is 16.6. The van der Waals surface area contributed by atoms with E-state index in [9.17, 15) is 9.59 Å². The summed E-state index contributed by atoms with van der Waals surface area (Å²) in [4.78, 5) is 25.6. The third-order valence-electron chi connectivity index (χ3n) is 4.04. The Bertz CT molecular complexity index is 561. The number of imide groups is 1. The number of amides is 2. The first-order valence-corrected chi connectivity index (χ1v) is 6.93. The molecule has 0 radical (unpaired) electrons. The summed E-state index contributed by atoms with van der Waals surface area (Å²) < 4.78 is 5.31. The van der Waals surface area contributed by atoms with Crippen LogP contribution in [0.3, 0.4) is 0 Å². The molecule has 2 amide bonds. The highest BCUT2D eigenvalue weighted by molar-refractivity contribution is 5.99. The number of rotatable bonds is 1. The maximum atomic E-state index is 12.3. The lowest BCUT2D eigenvalue weighted by Gasteiger charge is -2.25. The van der Waals surface area contributed by atoms with Crippen molar-refractivity contribution in [3.63, 3.8) is 0 Å². The zero-order chi connectivity index (χ0) is 14.5. The highest BCUT2D eigenvalue weighted by Crippen LogP contribution is 2.59. The van der Waals surface area contributed by atoms with Crippen molar-refractivity contribution in [3.05, 3.63) is 35.9 Å². The smallest absolute Gasteiger partial charge is 0.417 e. The molecule has 0 N–H and O–H groups in total. The SMILES string of the molecule is CC(C)(C)OC(=O)N1CC2(c3ccccc3)CC2C1=O. The number of ether oxygens (including phenoxy) is 1. The molecule has 0 bridgehead atoms. The molecule has 1 aliphatic carbocycles. The summed E-state index contributed by atoms with van der Waals surface area (Å²) in [5, 5.41) is 0. The summed E-state index contributed by atoms with van der Waals surface area (Å²) in [5.74, 6) is -0.152. The van der Waals surface area contributed by atoms with Crippen molar-refractivity contribution in [1.29, 1.82) is 0 Å². The van der Waals surface area contributed by atoms with Gasteiger partial charge in [-0.15, -0.1) is 0 Å². The molecule has 1 heterocycles. The fourth-order valence-corrected chi connectivity index (χ4v) is 3.00. The van der Waals surface area contributed by atoms with Gasteiger partial charge in [0.15, 0.2) is 0 Å². The molecular weight excluding hydrogens is 254 g/mol. The molecule has 3 rings (SSSR count). The summed E-state index contributed by atoms with van der Waals surface area (Å²) in [7, 11) is 0. The van der Waals surface area contributed by atoms with Crippen LogP contribution in [0.2, 0.25) is 0 Å². The molecule has 20 heavy (non-hydrogen) atoms. The van der Waals surface area contributed by atoms with E-state index in [4.69, 9.17) is 4.74 Å². The number of fused-ring (bicyclic) bond motifs is 1. The van der Waals surface area contributed by atoms with Crippen molar-refractivity contribution in [2.45, 2.75) is 38.2 Å². The number of nitrogens with zero attached hydrogens (tertiary/aromatic N) is 1. The van der Waals surface area contributed by atoms with E-state index in [2.05, 4.69) is 0 Å². The molecule has 106 valence electrons. The topological polar surface area (TPSA) is 46.6 Å². The second-order valence-electron chi connectivity index (χ2n) is 6.68. The predicted octanol–water partition coefficient (Wildman–Crippen LogP) is 2.72. The lowest BCUT2D eigenvalue weighted by molar-refractivity contribution is -0.129. The van der Waals surface area contributed by atoms with Gasteiger partial charge in [0.25, 0.3) is 0 Å². The van der Waals surface area contributed by atoms with E-state index in [-0.39, 0.29) is 17.2 Å². The standard InChI is InChI=1S/C16H19NO3/c1-15(2,3)20-14(19)17-10-16(9-12(16)13(17)18)11-7-5-4-6-8-11/h4-8,12H,9-10H2,1-3H3. The van der Waals surface area contributed by atoms with Crippen LogP contribution >= 0.6 is 0 Å². The van der Waals surface area contributed by atoms with Crippen LogP contribution in [-0.2, 0) is 14.9 Å². The average molecular weight is 273 g/mol. The molecule has 2 atom stereocenters. The van der Waals surface area contributed by atoms with Gasteiger partial charge in [-0.25, -0.2) is 9.69 Å². The molecular formula is C16H19NO3. The van der Waals surface area contributed by atoms with Crippen LogP contribution in [0.25, 0.3) is 0 Å². The Morgan fingerprint density at radius 1 is 1.30 bits per heavy atom. The second kappa shape index (κ2) is 4.08. The Balaban J connectivity index is 1.80. The van der Waals surface area contributed by atoms with Crippen molar-refractivity contribution in [1.82, 2.24) is 4.90 Å². The van der Waals surface area contributed by atoms with Crippen molar-refractivity contribution >= 4 is 12.0 Å². The molecule has 1 aromatic carbocycles. The van der Waals surface area contributed by atoms with Gasteiger partial charge in [0.2, 0.25) is 5.91 Å². The molecule has 1 saturated heterocycles. The third kappa shape index (κ3) is 1.99. The normalized spacial score (nSPS) is 28.2. The van der Waals surface area contributed by atoms with Crippen LogP contribution in [0, 0.1) is 5.92 Å². The number of likely N-dealkylation sites (tertiary alicyclic amines) is 1. The van der Waals surface area contributed by atoms with E-state index in [0.29, 0.717) is 6.54 Å². The first-order valence-electron chi connectivity index (χ1n) is 6.93. The molecule has 2 aliphatic rings. The van der Waals surface area contributed by atoms with Crippen LogP contribution in [0.5, 0.6) is 0 Å². The molecule has 0 spiro atoms. The van der Waals surface area contributed by atoms with Crippen LogP contribution in [0.1, 0.15) is 32.8 Å². The van der Waals surface area contributed by atoms with Crippen LogP contribution in [0.15, 0.2) is 30.3 Å². The Labute approximate surface area is 118 Å².